The Morgan fingerprint density at radius 3 is 2.60 bits per heavy atom. The van der Waals surface area contributed by atoms with Gasteiger partial charge in [-0.25, -0.2) is 0 Å². The van der Waals surface area contributed by atoms with Crippen LogP contribution in [0.2, 0.25) is 0 Å². The van der Waals surface area contributed by atoms with Crippen molar-refractivity contribution in [1.29, 1.82) is 0 Å². The van der Waals surface area contributed by atoms with Crippen molar-refractivity contribution >= 4 is 0 Å². The summed E-state index contributed by atoms with van der Waals surface area (Å²) in [5, 5.41) is 10.8. The zero-order valence-corrected chi connectivity index (χ0v) is 9.44. The average molecular weight is 213 g/mol. The maximum atomic E-state index is 10.8. The summed E-state index contributed by atoms with van der Waals surface area (Å²) < 4.78 is 5.22. The summed E-state index contributed by atoms with van der Waals surface area (Å²) in [7, 11) is 0. The highest BCUT2D eigenvalue weighted by Crippen LogP contribution is 2.21. The van der Waals surface area contributed by atoms with Gasteiger partial charge in [-0.1, -0.05) is 13.8 Å². The number of nitrogens with zero attached hydrogens (tertiary/aromatic N) is 1. The fraction of sp³-hybridized carbons (Fsp3) is 0.818. The van der Waals surface area contributed by atoms with Gasteiger partial charge in [0.05, 0.1) is 4.92 Å². The average Bonchev–Trinajstić information content (AvgIpc) is 2.17. The van der Waals surface area contributed by atoms with E-state index in [1.807, 2.05) is 19.9 Å². The van der Waals surface area contributed by atoms with E-state index in [9.17, 15) is 10.1 Å². The second-order valence-corrected chi connectivity index (χ2v) is 4.46. The Kier molecular flexibility index (Phi) is 4.75. The molecule has 86 valence electrons. The van der Waals surface area contributed by atoms with Gasteiger partial charge in [0.25, 0.3) is 0 Å². The summed E-state index contributed by atoms with van der Waals surface area (Å²) in [6.45, 7) is 5.46. The molecule has 1 heterocycles. The van der Waals surface area contributed by atoms with E-state index in [4.69, 9.17) is 4.74 Å². The second kappa shape index (κ2) is 5.85. The Morgan fingerprint density at radius 1 is 1.53 bits per heavy atom. The Balaban J connectivity index is 2.60. The van der Waals surface area contributed by atoms with Crippen LogP contribution in [0.25, 0.3) is 0 Å². The molecule has 0 aromatic rings. The first kappa shape index (κ1) is 12.2. The molecule has 15 heavy (non-hydrogen) atoms. The minimum atomic E-state index is -0.241. The van der Waals surface area contributed by atoms with E-state index >= 15 is 0 Å². The van der Waals surface area contributed by atoms with E-state index in [1.165, 1.54) is 0 Å². The molecule has 0 radical (unpaired) electrons. The Morgan fingerprint density at radius 2 is 2.13 bits per heavy atom. The lowest BCUT2D eigenvalue weighted by atomic mass is 9.97. The normalized spacial score (nSPS) is 19.5. The molecule has 0 unspecified atom stereocenters. The SMILES string of the molecule is CC(C)CC(=CC1CCOCC1)[N+](=O)[O-]. The maximum absolute atomic E-state index is 10.8. The highest BCUT2D eigenvalue weighted by Gasteiger charge is 2.18. The minimum absolute atomic E-state index is 0.241. The van der Waals surface area contributed by atoms with Gasteiger partial charge in [-0.2, -0.15) is 0 Å². The maximum Gasteiger partial charge on any atom is 0.242 e. The third-order valence-electron chi connectivity index (χ3n) is 2.55. The fourth-order valence-electron chi connectivity index (χ4n) is 1.78. The van der Waals surface area contributed by atoms with Crippen LogP contribution in [0, 0.1) is 22.0 Å². The monoisotopic (exact) mass is 213 g/mol. The molecule has 0 aromatic carbocycles. The van der Waals surface area contributed by atoms with Crippen molar-refractivity contribution in [1.82, 2.24) is 0 Å². The molecule has 0 atom stereocenters. The van der Waals surface area contributed by atoms with Crippen LogP contribution in [-0.2, 0) is 4.74 Å². The van der Waals surface area contributed by atoms with Crippen molar-refractivity contribution < 1.29 is 9.66 Å². The van der Waals surface area contributed by atoms with E-state index in [2.05, 4.69) is 0 Å². The van der Waals surface area contributed by atoms with Gasteiger partial charge in [-0.15, -0.1) is 0 Å². The summed E-state index contributed by atoms with van der Waals surface area (Å²) >= 11 is 0. The molecule has 1 rings (SSSR count). The van der Waals surface area contributed by atoms with Crippen LogP contribution in [0.15, 0.2) is 11.8 Å². The van der Waals surface area contributed by atoms with E-state index in [0.717, 1.165) is 26.1 Å². The lowest BCUT2D eigenvalue weighted by Crippen LogP contribution is -2.15. The van der Waals surface area contributed by atoms with Gasteiger partial charge >= 0.3 is 0 Å². The summed E-state index contributed by atoms with van der Waals surface area (Å²) in [4.78, 5) is 10.6. The van der Waals surface area contributed by atoms with Crippen LogP contribution < -0.4 is 0 Å². The predicted octanol–water partition coefficient (Wildman–Crippen LogP) is 2.62. The Labute approximate surface area is 90.5 Å². The molecule has 0 aliphatic carbocycles. The van der Waals surface area contributed by atoms with Gasteiger partial charge in [-0.3, -0.25) is 10.1 Å². The molecule has 0 N–H and O–H groups in total. The number of ether oxygens (including phenoxy) is 1. The van der Waals surface area contributed by atoms with E-state index in [-0.39, 0.29) is 4.92 Å². The van der Waals surface area contributed by atoms with Crippen molar-refractivity contribution in [3.8, 4) is 0 Å². The standard InChI is InChI=1S/C11H19NO3/c1-9(2)7-11(12(13)14)8-10-3-5-15-6-4-10/h8-10H,3-7H2,1-2H3. The summed E-state index contributed by atoms with van der Waals surface area (Å²) in [5.41, 5.74) is 0.372. The van der Waals surface area contributed by atoms with Crippen LogP contribution in [0.3, 0.4) is 0 Å². The molecule has 0 aromatic heterocycles. The van der Waals surface area contributed by atoms with E-state index in [0.29, 0.717) is 24.0 Å². The first-order chi connectivity index (χ1) is 7.09. The Bertz CT molecular complexity index is 242. The topological polar surface area (TPSA) is 52.4 Å². The number of hydrogen-bond donors (Lipinski definition) is 0. The lowest BCUT2D eigenvalue weighted by Gasteiger charge is -2.18. The number of rotatable bonds is 4. The van der Waals surface area contributed by atoms with Gasteiger partial charge in [0.2, 0.25) is 5.70 Å². The fourth-order valence-corrected chi connectivity index (χ4v) is 1.78. The first-order valence-electron chi connectivity index (χ1n) is 5.52. The Hall–Kier alpha value is -0.900. The smallest absolute Gasteiger partial charge is 0.242 e. The molecular formula is C11H19NO3. The third-order valence-corrected chi connectivity index (χ3v) is 2.55. The van der Waals surface area contributed by atoms with E-state index in [1.54, 1.807) is 0 Å². The van der Waals surface area contributed by atoms with Gasteiger partial charge in [-0.05, 0) is 30.8 Å². The molecule has 1 saturated heterocycles. The van der Waals surface area contributed by atoms with Gasteiger partial charge in [0.1, 0.15) is 0 Å². The third kappa shape index (κ3) is 4.42. The van der Waals surface area contributed by atoms with Gasteiger partial charge < -0.3 is 4.74 Å². The summed E-state index contributed by atoms with van der Waals surface area (Å²) in [5.74, 6) is 0.666. The molecule has 4 nitrogen and oxygen atoms in total. The molecule has 0 bridgehead atoms. The predicted molar refractivity (Wildman–Crippen MR) is 58.1 cm³/mol. The van der Waals surface area contributed by atoms with Crippen LogP contribution in [0.4, 0.5) is 0 Å². The summed E-state index contributed by atoms with van der Waals surface area (Å²) in [6, 6.07) is 0. The molecule has 1 aliphatic rings. The molecule has 0 spiro atoms. The lowest BCUT2D eigenvalue weighted by molar-refractivity contribution is -0.429. The van der Waals surface area contributed by atoms with Crippen LogP contribution in [0.1, 0.15) is 33.1 Å². The van der Waals surface area contributed by atoms with Crippen molar-refractivity contribution in [3.05, 3.63) is 21.9 Å². The molecular weight excluding hydrogens is 194 g/mol. The van der Waals surface area contributed by atoms with Crippen molar-refractivity contribution in [2.75, 3.05) is 13.2 Å². The van der Waals surface area contributed by atoms with Crippen molar-refractivity contribution in [3.63, 3.8) is 0 Å². The largest absolute Gasteiger partial charge is 0.381 e. The van der Waals surface area contributed by atoms with Crippen LogP contribution >= 0.6 is 0 Å². The van der Waals surface area contributed by atoms with Crippen LogP contribution in [0.5, 0.6) is 0 Å². The molecule has 1 fully saturated rings. The number of hydrogen-bond acceptors (Lipinski definition) is 3. The van der Waals surface area contributed by atoms with Crippen LogP contribution in [-0.4, -0.2) is 18.1 Å². The highest BCUT2D eigenvalue weighted by atomic mass is 16.6. The quantitative estimate of drug-likeness (QED) is 0.533. The highest BCUT2D eigenvalue weighted by molar-refractivity contribution is 4.97. The van der Waals surface area contributed by atoms with Gasteiger partial charge in [0.15, 0.2) is 0 Å². The molecule has 0 amide bonds. The molecule has 0 saturated carbocycles. The van der Waals surface area contributed by atoms with Crippen molar-refractivity contribution in [2.24, 2.45) is 11.8 Å². The zero-order chi connectivity index (χ0) is 11.3. The first-order valence-corrected chi connectivity index (χ1v) is 5.52. The second-order valence-electron chi connectivity index (χ2n) is 4.46. The van der Waals surface area contributed by atoms with Gasteiger partial charge in [0, 0.05) is 19.6 Å². The van der Waals surface area contributed by atoms with Crippen molar-refractivity contribution in [2.45, 2.75) is 33.1 Å². The molecule has 1 aliphatic heterocycles. The summed E-state index contributed by atoms with van der Waals surface area (Å²) in [6.07, 6.45) is 4.22. The minimum Gasteiger partial charge on any atom is -0.381 e. The van der Waals surface area contributed by atoms with E-state index < -0.39 is 0 Å². The molecule has 4 heteroatoms. The zero-order valence-electron chi connectivity index (χ0n) is 9.44. The number of nitro groups is 1. The number of allylic oxidation sites excluding steroid dienone is 2.